The standard InChI is InChI=1S/C24H20Cl2N2O6/c25-17-7-3-1-5-15(17)19(29)13-21(31)23(33)27-9-11-28(12-10-27)24(34)22(32)14-20(30)16-6-2-4-8-18(16)26/h1-8,13-14,29-30H,9-12H2/b19-13-,20-14-. The molecule has 1 fully saturated rings. The molecule has 0 spiro atoms. The van der Waals surface area contributed by atoms with E-state index in [1.165, 1.54) is 34.1 Å². The second-order valence-corrected chi connectivity index (χ2v) is 8.15. The van der Waals surface area contributed by atoms with E-state index in [1.54, 1.807) is 24.3 Å². The molecule has 2 N–H and O–H groups in total. The summed E-state index contributed by atoms with van der Waals surface area (Å²) in [5.74, 6) is -4.47. The van der Waals surface area contributed by atoms with Gasteiger partial charge in [0.25, 0.3) is 11.8 Å². The molecule has 2 amide bonds. The summed E-state index contributed by atoms with van der Waals surface area (Å²) in [5, 5.41) is 20.7. The minimum Gasteiger partial charge on any atom is -0.507 e. The van der Waals surface area contributed by atoms with Crippen molar-refractivity contribution in [1.29, 1.82) is 0 Å². The average molecular weight is 503 g/mol. The fourth-order valence-electron chi connectivity index (χ4n) is 3.29. The fourth-order valence-corrected chi connectivity index (χ4v) is 3.75. The van der Waals surface area contributed by atoms with Crippen LogP contribution in [-0.4, -0.2) is 69.6 Å². The van der Waals surface area contributed by atoms with E-state index in [0.29, 0.717) is 0 Å². The molecule has 1 aliphatic rings. The number of nitrogens with zero attached hydrogens (tertiary/aromatic N) is 2. The maximum Gasteiger partial charge on any atom is 0.294 e. The van der Waals surface area contributed by atoms with Gasteiger partial charge in [0.1, 0.15) is 11.5 Å². The van der Waals surface area contributed by atoms with Gasteiger partial charge in [-0.25, -0.2) is 0 Å². The number of ketones is 2. The van der Waals surface area contributed by atoms with Gasteiger partial charge in [-0.05, 0) is 24.3 Å². The van der Waals surface area contributed by atoms with Gasteiger partial charge in [-0.3, -0.25) is 19.2 Å². The smallest absolute Gasteiger partial charge is 0.294 e. The van der Waals surface area contributed by atoms with Gasteiger partial charge in [0.05, 0.1) is 10.0 Å². The molecule has 0 aliphatic carbocycles. The molecular weight excluding hydrogens is 483 g/mol. The normalized spacial score (nSPS) is 14.6. The topological polar surface area (TPSA) is 115 Å². The molecule has 1 saturated heterocycles. The largest absolute Gasteiger partial charge is 0.507 e. The molecule has 1 aliphatic heterocycles. The van der Waals surface area contributed by atoms with Crippen molar-refractivity contribution in [1.82, 2.24) is 9.80 Å². The van der Waals surface area contributed by atoms with Crippen molar-refractivity contribution in [3.63, 3.8) is 0 Å². The van der Waals surface area contributed by atoms with Crippen LogP contribution in [0.2, 0.25) is 10.0 Å². The van der Waals surface area contributed by atoms with Gasteiger partial charge in [0, 0.05) is 49.5 Å². The van der Waals surface area contributed by atoms with E-state index in [0.717, 1.165) is 12.2 Å². The lowest BCUT2D eigenvalue weighted by Crippen LogP contribution is -2.53. The first-order chi connectivity index (χ1) is 16.2. The monoisotopic (exact) mass is 502 g/mol. The molecule has 34 heavy (non-hydrogen) atoms. The molecule has 0 unspecified atom stereocenters. The van der Waals surface area contributed by atoms with Gasteiger partial charge in [-0.1, -0.05) is 47.5 Å². The molecule has 176 valence electrons. The van der Waals surface area contributed by atoms with Gasteiger partial charge in [0.15, 0.2) is 0 Å². The lowest BCUT2D eigenvalue weighted by Gasteiger charge is -2.33. The molecule has 3 rings (SSSR count). The zero-order valence-electron chi connectivity index (χ0n) is 17.8. The molecular formula is C24H20Cl2N2O6. The first kappa shape index (κ1) is 25.0. The Balaban J connectivity index is 1.59. The third-order valence-electron chi connectivity index (χ3n) is 5.11. The van der Waals surface area contributed by atoms with E-state index in [4.69, 9.17) is 23.2 Å². The highest BCUT2D eigenvalue weighted by molar-refractivity contribution is 6.42. The summed E-state index contributed by atoms with van der Waals surface area (Å²) in [6, 6.07) is 12.6. The van der Waals surface area contributed by atoms with Gasteiger partial charge >= 0.3 is 0 Å². The fraction of sp³-hybridized carbons (Fsp3) is 0.167. The van der Waals surface area contributed by atoms with E-state index in [9.17, 15) is 29.4 Å². The molecule has 10 heteroatoms. The van der Waals surface area contributed by atoms with E-state index >= 15 is 0 Å². The van der Waals surface area contributed by atoms with Crippen LogP contribution in [0.3, 0.4) is 0 Å². The number of aliphatic hydroxyl groups excluding tert-OH is 2. The minimum absolute atomic E-state index is 0.0184. The first-order valence-corrected chi connectivity index (χ1v) is 10.9. The van der Waals surface area contributed by atoms with Crippen molar-refractivity contribution in [3.8, 4) is 0 Å². The number of piperazine rings is 1. The number of benzene rings is 2. The number of carbonyl (C=O) groups is 4. The molecule has 0 aromatic heterocycles. The highest BCUT2D eigenvalue weighted by atomic mass is 35.5. The second-order valence-electron chi connectivity index (χ2n) is 7.33. The summed E-state index contributed by atoms with van der Waals surface area (Å²) in [6.07, 6.45) is 1.60. The SMILES string of the molecule is O=C(/C=C(\O)c1ccccc1Cl)C(=O)N1CCN(C(=O)C(=O)/C=C(\O)c2ccccc2Cl)CC1. The van der Waals surface area contributed by atoms with Crippen LogP contribution >= 0.6 is 23.2 Å². The average Bonchev–Trinajstić information content (AvgIpc) is 2.83. The second kappa shape index (κ2) is 11.0. The van der Waals surface area contributed by atoms with Crippen LogP contribution in [0.1, 0.15) is 11.1 Å². The third-order valence-corrected chi connectivity index (χ3v) is 5.77. The van der Waals surface area contributed by atoms with Crippen molar-refractivity contribution in [2.24, 2.45) is 0 Å². The van der Waals surface area contributed by atoms with Crippen molar-refractivity contribution in [2.45, 2.75) is 0 Å². The van der Waals surface area contributed by atoms with Crippen molar-refractivity contribution >= 4 is 58.1 Å². The summed E-state index contributed by atoms with van der Waals surface area (Å²) in [4.78, 5) is 52.0. The number of rotatable bonds is 6. The zero-order chi connectivity index (χ0) is 24.8. The van der Waals surface area contributed by atoms with Crippen LogP contribution in [0.5, 0.6) is 0 Å². The molecule has 0 atom stereocenters. The Kier molecular flexibility index (Phi) is 8.09. The molecule has 0 saturated carbocycles. The van der Waals surface area contributed by atoms with E-state index < -0.39 is 34.9 Å². The molecule has 2 aromatic carbocycles. The van der Waals surface area contributed by atoms with E-state index in [-0.39, 0.29) is 47.4 Å². The van der Waals surface area contributed by atoms with Crippen LogP contribution in [0, 0.1) is 0 Å². The molecule has 2 aromatic rings. The van der Waals surface area contributed by atoms with Crippen molar-refractivity contribution < 1.29 is 29.4 Å². The number of amides is 2. The summed E-state index contributed by atoms with van der Waals surface area (Å²) >= 11 is 12.0. The predicted octanol–water partition coefficient (Wildman–Crippen LogP) is 3.30. The Bertz CT molecular complexity index is 1110. The lowest BCUT2D eigenvalue weighted by atomic mass is 10.1. The Hall–Kier alpha value is -3.62. The summed E-state index contributed by atoms with van der Waals surface area (Å²) in [6.45, 7) is 0.0734. The highest BCUT2D eigenvalue weighted by Gasteiger charge is 2.29. The highest BCUT2D eigenvalue weighted by Crippen LogP contribution is 2.22. The quantitative estimate of drug-likeness (QED) is 0.355. The maximum absolute atomic E-state index is 12.5. The third kappa shape index (κ3) is 5.84. The number of hydrogen-bond acceptors (Lipinski definition) is 6. The Morgan fingerprint density at radius 3 is 1.29 bits per heavy atom. The maximum atomic E-state index is 12.5. The Labute approximate surface area is 205 Å². The molecule has 8 nitrogen and oxygen atoms in total. The van der Waals surface area contributed by atoms with Gasteiger partial charge < -0.3 is 20.0 Å². The Morgan fingerprint density at radius 2 is 0.971 bits per heavy atom. The van der Waals surface area contributed by atoms with Crippen LogP contribution in [0.15, 0.2) is 60.7 Å². The molecule has 1 heterocycles. The zero-order valence-corrected chi connectivity index (χ0v) is 19.3. The number of hydrogen-bond donors (Lipinski definition) is 2. The van der Waals surface area contributed by atoms with Crippen molar-refractivity contribution in [2.75, 3.05) is 26.2 Å². The van der Waals surface area contributed by atoms with Crippen molar-refractivity contribution in [3.05, 3.63) is 81.9 Å². The number of carbonyl (C=O) groups excluding carboxylic acids is 4. The van der Waals surface area contributed by atoms with Gasteiger partial charge in [-0.15, -0.1) is 0 Å². The molecule has 0 bridgehead atoms. The predicted molar refractivity (Wildman–Crippen MR) is 127 cm³/mol. The molecule has 0 radical (unpaired) electrons. The summed E-state index contributed by atoms with van der Waals surface area (Å²) in [7, 11) is 0. The van der Waals surface area contributed by atoms with Gasteiger partial charge in [0.2, 0.25) is 11.6 Å². The summed E-state index contributed by atoms with van der Waals surface area (Å²) in [5.41, 5.74) is 0.430. The van der Waals surface area contributed by atoms with E-state index in [1.807, 2.05) is 0 Å². The number of halogens is 2. The van der Waals surface area contributed by atoms with E-state index in [2.05, 4.69) is 0 Å². The minimum atomic E-state index is -0.944. The summed E-state index contributed by atoms with van der Waals surface area (Å²) < 4.78 is 0. The van der Waals surface area contributed by atoms with Crippen LogP contribution < -0.4 is 0 Å². The first-order valence-electron chi connectivity index (χ1n) is 10.2. The van der Waals surface area contributed by atoms with Gasteiger partial charge in [-0.2, -0.15) is 0 Å². The lowest BCUT2D eigenvalue weighted by molar-refractivity contribution is -0.147. The van der Waals surface area contributed by atoms with Crippen LogP contribution in [-0.2, 0) is 19.2 Å². The number of aliphatic hydroxyl groups is 2. The van der Waals surface area contributed by atoms with Crippen LogP contribution in [0.4, 0.5) is 0 Å². The Morgan fingerprint density at radius 1 is 0.647 bits per heavy atom. The van der Waals surface area contributed by atoms with Crippen LogP contribution in [0.25, 0.3) is 11.5 Å².